The Balaban J connectivity index is 1.87. The van der Waals surface area contributed by atoms with Gasteiger partial charge in [-0.3, -0.25) is 13.8 Å². The fourth-order valence-electron chi connectivity index (χ4n) is 8.31. The van der Waals surface area contributed by atoms with E-state index in [1.807, 2.05) is 42.8 Å². The molecule has 2 saturated carbocycles. The molecule has 4 unspecified atom stereocenters. The highest BCUT2D eigenvalue weighted by Crippen LogP contribution is 2.66. The first kappa shape index (κ1) is 35.4. The van der Waals surface area contributed by atoms with Crippen LogP contribution in [-0.2, 0) is 36.3 Å². The Morgan fingerprint density at radius 2 is 1.86 bits per heavy atom. The van der Waals surface area contributed by atoms with Gasteiger partial charge in [0.05, 0.1) is 38.3 Å². The molecule has 11 atom stereocenters. The number of aliphatic hydroxyl groups is 1. The number of ether oxygens (including phenoxy) is 3. The van der Waals surface area contributed by atoms with Gasteiger partial charge in [0.15, 0.2) is 17.5 Å². The van der Waals surface area contributed by atoms with Crippen LogP contribution in [0.2, 0.25) is 0 Å². The third-order valence-corrected chi connectivity index (χ3v) is 18.3. The highest BCUT2D eigenvalue weighted by molar-refractivity contribution is 14.2. The number of hydrogen-bond acceptors (Lipinski definition) is 13. The fraction of sp³-hybridized carbons (Fsp3) is 0.656. The lowest BCUT2D eigenvalue weighted by atomic mass is 9.44. The van der Waals surface area contributed by atoms with E-state index >= 15 is 4.79 Å². The highest BCUT2D eigenvalue weighted by atomic mass is 127. The molecule has 5 rings (SSSR count). The smallest absolute Gasteiger partial charge is 0.338 e. The molecule has 4 aliphatic rings. The predicted molar refractivity (Wildman–Crippen MR) is 215 cm³/mol. The van der Waals surface area contributed by atoms with Crippen LogP contribution in [0.3, 0.4) is 0 Å². The Morgan fingerprint density at radius 1 is 1.16 bits per heavy atom. The number of carbonyl (C=O) groups is 3. The van der Waals surface area contributed by atoms with Gasteiger partial charge in [-0.25, -0.2) is 4.79 Å². The van der Waals surface area contributed by atoms with Gasteiger partial charge >= 0.3 is 11.9 Å². The molecule has 1 saturated heterocycles. The Hall–Kier alpha value is 0.740. The van der Waals surface area contributed by atoms with Crippen LogP contribution >= 0.6 is 92.5 Å². The lowest BCUT2D eigenvalue weighted by Crippen LogP contribution is -2.82. The highest BCUT2D eigenvalue weighted by Gasteiger charge is 2.78. The first-order valence-electron chi connectivity index (χ1n) is 17.5. The van der Waals surface area contributed by atoms with E-state index < -0.39 is 88.5 Å². The second-order valence-corrected chi connectivity index (χ2v) is 21.1. The van der Waals surface area contributed by atoms with Gasteiger partial charge in [-0.2, -0.15) is 0 Å². The molecule has 0 spiro atoms. The van der Waals surface area contributed by atoms with Crippen molar-refractivity contribution >= 4 is 110 Å². The predicted octanol–water partition coefficient (Wildman–Crippen LogP) is 7.70. The van der Waals surface area contributed by atoms with Crippen molar-refractivity contribution in [3.05, 3.63) is 47.0 Å². The van der Waals surface area contributed by atoms with E-state index in [2.05, 4.69) is 22.0 Å². The summed E-state index contributed by atoms with van der Waals surface area (Å²) >= 11 is 7.07. The van der Waals surface area contributed by atoms with Gasteiger partial charge in [-0.05, 0) is 85.6 Å². The molecule has 0 aromatic heterocycles. The SMILES string of the molecule is [2H]CSO[C@]12C[C@H](OSCP([2H])I)C(C)=C([C@@H](OSCP([2H])I)C(=O)[C@@]3(C)C([C@@H]1OC(=O)c1ccccc1)[C@]1(OC(C)=O)COC1C[C@@H]3O[2H])C2(C)C. The molecule has 1 heterocycles. The second kappa shape index (κ2) is 16.6. The van der Waals surface area contributed by atoms with Crippen molar-refractivity contribution in [3.8, 4) is 0 Å². The van der Waals surface area contributed by atoms with Crippen LogP contribution in [0.25, 0.3) is 0 Å². The number of ketones is 1. The molecule has 1 aliphatic heterocycles. The molecule has 1 aromatic carbocycles. The minimum atomic E-state index is -1.71. The number of benzene rings is 1. The lowest BCUT2D eigenvalue weighted by molar-refractivity contribution is -0.343. The molecule has 3 fully saturated rings. The number of aliphatic hydroxyl groups excluding tert-OH is 1. The molecule has 0 amide bonds. The average molecular weight is 1000 g/mol. The maximum absolute atomic E-state index is 15.7. The van der Waals surface area contributed by atoms with Crippen LogP contribution in [0.15, 0.2) is 41.5 Å². The number of halogens is 2. The molecule has 2 bridgehead atoms. The van der Waals surface area contributed by atoms with E-state index in [0.717, 1.165) is 36.1 Å². The number of hydrogen-bond donors (Lipinski definition) is 1. The van der Waals surface area contributed by atoms with E-state index in [-0.39, 0.29) is 31.2 Å². The Morgan fingerprint density at radius 3 is 2.45 bits per heavy atom. The standard InChI is InChI=1S/C32H42I2O10P2S3/c1-17-20(42-48-15-45-33)13-32(44-47-6)27(40-28(38)19-10-8-7-9-11-19)25-30(5,21(36)12-22-31(25,14-39-22)41-18(2)35)26(37)24(43-49-16-46-34)23(17)29(32,3)4/h7-11,20-22,24-25,27,36,45-46H,12-16H2,1-6H3/t20-,21-,22?,24+,25?,27-,30+,31-,32+,45?,46?/m0/s1/i6D,36D,45D,46D. The van der Waals surface area contributed by atoms with Gasteiger partial charge in [0.2, 0.25) is 1.43 Å². The van der Waals surface area contributed by atoms with Crippen molar-refractivity contribution in [3.63, 3.8) is 0 Å². The van der Waals surface area contributed by atoms with Gasteiger partial charge in [0.1, 0.15) is 17.8 Å². The summed E-state index contributed by atoms with van der Waals surface area (Å²) in [6.07, 6.45) is -7.81. The average Bonchev–Trinajstić information content (AvgIpc) is 3.09. The van der Waals surface area contributed by atoms with E-state index in [1.54, 1.807) is 37.3 Å². The summed E-state index contributed by atoms with van der Waals surface area (Å²) in [5.74, 6) is -3.05. The molecule has 49 heavy (non-hydrogen) atoms. The van der Waals surface area contributed by atoms with E-state index in [1.165, 1.54) is 6.92 Å². The number of rotatable bonds is 14. The van der Waals surface area contributed by atoms with E-state index in [0.29, 0.717) is 22.1 Å². The molecular weight excluding hydrogens is 956 g/mol. The van der Waals surface area contributed by atoms with Gasteiger partial charge in [-0.15, -0.1) is 0 Å². The number of Topliss-reactive ketones (excluding diaryl/α,β-unsaturated/α-hetero) is 1. The van der Waals surface area contributed by atoms with Crippen molar-refractivity contribution in [2.24, 2.45) is 16.7 Å². The maximum Gasteiger partial charge on any atom is 0.338 e. The zero-order chi connectivity index (χ0) is 38.9. The topological polar surface area (TPSA) is 127 Å². The Kier molecular flexibility index (Phi) is 12.0. The van der Waals surface area contributed by atoms with Gasteiger partial charge < -0.3 is 27.7 Å². The summed E-state index contributed by atoms with van der Waals surface area (Å²) in [4.78, 5) is 43.2. The summed E-state index contributed by atoms with van der Waals surface area (Å²) in [5.41, 5.74) is -3.90. The first-order chi connectivity index (χ1) is 25.0. The maximum atomic E-state index is 15.7. The summed E-state index contributed by atoms with van der Waals surface area (Å²) < 4.78 is 71.7. The lowest BCUT2D eigenvalue weighted by Gasteiger charge is -2.68. The second-order valence-electron chi connectivity index (χ2n) is 13.2. The Labute approximate surface area is 336 Å². The molecule has 0 radical (unpaired) electrons. The number of carbonyl (C=O) groups excluding carboxylic acids is 3. The number of esters is 2. The molecular formula is C32H42I2O10P2S3. The molecule has 1 N–H and O–H groups in total. The van der Waals surface area contributed by atoms with E-state index in [9.17, 15) is 9.59 Å². The molecule has 3 aliphatic carbocycles. The monoisotopic (exact) mass is 1000 g/mol. The van der Waals surface area contributed by atoms with Gasteiger partial charge in [-0.1, -0.05) is 76.1 Å². The zero-order valence-electron chi connectivity index (χ0n) is 31.6. The van der Waals surface area contributed by atoms with Crippen LogP contribution in [0.4, 0.5) is 0 Å². The summed E-state index contributed by atoms with van der Waals surface area (Å²) in [6.45, 7) is 8.42. The summed E-state index contributed by atoms with van der Waals surface area (Å²) in [5, 5.41) is 5.41. The van der Waals surface area contributed by atoms with Crippen LogP contribution in [0.5, 0.6) is 0 Å². The van der Waals surface area contributed by atoms with Crippen molar-refractivity contribution in [2.75, 3.05) is 23.8 Å². The largest absolute Gasteiger partial charge is 0.455 e. The van der Waals surface area contributed by atoms with Gasteiger partial charge in [0, 0.05) is 43.8 Å². The van der Waals surface area contributed by atoms with Crippen molar-refractivity contribution in [1.82, 2.24) is 0 Å². The Bertz CT molecular complexity index is 1560. The normalized spacial score (nSPS) is 38.9. The third kappa shape index (κ3) is 7.18. The first-order valence-corrected chi connectivity index (χ1v) is 25.9. The van der Waals surface area contributed by atoms with Gasteiger partial charge in [0.25, 0.3) is 0 Å². The van der Waals surface area contributed by atoms with E-state index in [4.69, 9.17) is 37.2 Å². The zero-order valence-corrected chi connectivity index (χ0v) is 36.1. The van der Waals surface area contributed by atoms with Crippen LogP contribution in [-0.4, -0.2) is 92.4 Å². The number of fused-ring (bicyclic) bond motifs is 5. The molecule has 272 valence electrons. The van der Waals surface area contributed by atoms with Crippen molar-refractivity contribution in [1.29, 1.82) is 3.99 Å². The molecule has 10 nitrogen and oxygen atoms in total. The van der Waals surface area contributed by atoms with Crippen LogP contribution in [0.1, 0.15) is 59.2 Å². The van der Waals surface area contributed by atoms with Crippen molar-refractivity contribution in [2.45, 2.75) is 89.2 Å². The van der Waals surface area contributed by atoms with Crippen LogP contribution in [0, 0.1) is 16.7 Å². The summed E-state index contributed by atoms with van der Waals surface area (Å²) in [7, 11) is 0. The molecule has 17 heteroatoms. The van der Waals surface area contributed by atoms with Crippen LogP contribution < -0.4 is 0 Å². The minimum Gasteiger partial charge on any atom is -0.455 e. The third-order valence-electron chi connectivity index (χ3n) is 10.6. The quantitative estimate of drug-likeness (QED) is 0.0644. The molecule has 1 aromatic rings. The minimum absolute atomic E-state index is 0.0199. The van der Waals surface area contributed by atoms with Crippen molar-refractivity contribution < 1.29 is 47.6 Å². The summed E-state index contributed by atoms with van der Waals surface area (Å²) in [6, 6.07) is 8.39. The fourth-order valence-corrected chi connectivity index (χ4v) is 12.4.